The third kappa shape index (κ3) is 4.08. The van der Waals surface area contributed by atoms with Gasteiger partial charge in [-0.1, -0.05) is 0 Å². The number of nitriles is 1. The van der Waals surface area contributed by atoms with E-state index in [1.165, 1.54) is 18.2 Å². The fourth-order valence-corrected chi connectivity index (χ4v) is 1.97. The molecule has 0 fully saturated rings. The molecule has 2 aromatic carbocycles. The number of ether oxygens (including phenoxy) is 1. The maximum atomic E-state index is 11.8. The van der Waals surface area contributed by atoms with Gasteiger partial charge in [0.2, 0.25) is 0 Å². The summed E-state index contributed by atoms with van der Waals surface area (Å²) in [7, 11) is 0. The highest BCUT2D eigenvalue weighted by atomic mass is 16.6. The highest BCUT2D eigenvalue weighted by Crippen LogP contribution is 2.25. The number of esters is 1. The molecule has 24 heavy (non-hydrogen) atoms. The van der Waals surface area contributed by atoms with E-state index in [-0.39, 0.29) is 17.4 Å². The first kappa shape index (κ1) is 17.0. The Kier molecular flexibility index (Phi) is 5.12. The number of anilines is 2. The van der Waals surface area contributed by atoms with Crippen LogP contribution in [0.15, 0.2) is 42.5 Å². The molecule has 7 nitrogen and oxygen atoms in total. The highest BCUT2D eigenvalue weighted by molar-refractivity contribution is 5.90. The molecule has 0 aliphatic carbocycles. The molecule has 0 heterocycles. The molecule has 0 atom stereocenters. The van der Waals surface area contributed by atoms with Crippen LogP contribution < -0.4 is 5.32 Å². The molecule has 0 aliphatic rings. The van der Waals surface area contributed by atoms with E-state index in [0.29, 0.717) is 16.9 Å². The molecule has 122 valence electrons. The topological polar surface area (TPSA) is 105 Å². The molecule has 0 saturated carbocycles. The van der Waals surface area contributed by atoms with Gasteiger partial charge in [-0.2, -0.15) is 5.26 Å². The van der Waals surface area contributed by atoms with Gasteiger partial charge in [0.1, 0.15) is 6.07 Å². The molecule has 0 bridgehead atoms. The summed E-state index contributed by atoms with van der Waals surface area (Å²) in [5.41, 5.74) is 1.51. The van der Waals surface area contributed by atoms with Crippen LogP contribution in [-0.2, 0) is 4.74 Å². The number of nitro groups is 1. The van der Waals surface area contributed by atoms with Crippen LogP contribution in [0, 0.1) is 21.4 Å². The van der Waals surface area contributed by atoms with Crippen molar-refractivity contribution in [2.45, 2.75) is 20.0 Å². The zero-order valence-corrected chi connectivity index (χ0v) is 13.1. The van der Waals surface area contributed by atoms with Crippen LogP contribution in [0.1, 0.15) is 29.8 Å². The minimum absolute atomic E-state index is 0.149. The summed E-state index contributed by atoms with van der Waals surface area (Å²) >= 11 is 0. The smallest absolute Gasteiger partial charge is 0.338 e. The average molecular weight is 325 g/mol. The summed E-state index contributed by atoms with van der Waals surface area (Å²) < 4.78 is 5.10. The molecule has 0 radical (unpaired) electrons. The summed E-state index contributed by atoms with van der Waals surface area (Å²) in [5.74, 6) is -0.412. The SMILES string of the molecule is CC(C)OC(=O)c1ccc(Nc2ccc([N+](=O)[O-])cc2C#N)cc1. The molecule has 1 N–H and O–H groups in total. The minimum Gasteiger partial charge on any atom is -0.459 e. The van der Waals surface area contributed by atoms with Crippen LogP contribution in [0.4, 0.5) is 17.1 Å². The van der Waals surface area contributed by atoms with Gasteiger partial charge in [0.25, 0.3) is 5.69 Å². The van der Waals surface area contributed by atoms with Gasteiger partial charge in [-0.05, 0) is 44.2 Å². The van der Waals surface area contributed by atoms with Gasteiger partial charge in [-0.15, -0.1) is 0 Å². The second kappa shape index (κ2) is 7.24. The molecule has 2 rings (SSSR count). The van der Waals surface area contributed by atoms with Crippen LogP contribution in [0.3, 0.4) is 0 Å². The molecule has 7 heteroatoms. The van der Waals surface area contributed by atoms with Crippen molar-refractivity contribution < 1.29 is 14.5 Å². The third-order valence-electron chi connectivity index (χ3n) is 3.08. The van der Waals surface area contributed by atoms with Crippen LogP contribution in [0.2, 0.25) is 0 Å². The second-order valence-corrected chi connectivity index (χ2v) is 5.26. The van der Waals surface area contributed by atoms with Gasteiger partial charge in [-0.3, -0.25) is 10.1 Å². The lowest BCUT2D eigenvalue weighted by Gasteiger charge is -2.10. The lowest BCUT2D eigenvalue weighted by atomic mass is 10.1. The molecule has 0 aromatic heterocycles. The standard InChI is InChI=1S/C17H15N3O4/c1-11(2)24-17(21)12-3-5-14(6-4-12)19-16-8-7-15(20(22)23)9-13(16)10-18/h3-9,11,19H,1-2H3. The Hall–Kier alpha value is -3.40. The van der Waals surface area contributed by atoms with Gasteiger partial charge in [0.05, 0.1) is 27.8 Å². The van der Waals surface area contributed by atoms with E-state index in [2.05, 4.69) is 5.32 Å². The number of hydrogen-bond donors (Lipinski definition) is 1. The molecule has 0 spiro atoms. The number of carbonyl (C=O) groups excluding carboxylic acids is 1. The monoisotopic (exact) mass is 325 g/mol. The van der Waals surface area contributed by atoms with Crippen molar-refractivity contribution >= 4 is 23.0 Å². The molecule has 0 amide bonds. The van der Waals surface area contributed by atoms with E-state index in [1.54, 1.807) is 38.1 Å². The third-order valence-corrected chi connectivity index (χ3v) is 3.08. The molecule has 0 saturated heterocycles. The van der Waals surface area contributed by atoms with Gasteiger partial charge >= 0.3 is 5.97 Å². The van der Waals surface area contributed by atoms with Crippen LogP contribution in [-0.4, -0.2) is 17.0 Å². The minimum atomic E-state index is -0.556. The van der Waals surface area contributed by atoms with E-state index in [0.717, 1.165) is 0 Å². The van der Waals surface area contributed by atoms with Crippen molar-refractivity contribution in [3.8, 4) is 6.07 Å². The Morgan fingerprint density at radius 3 is 2.46 bits per heavy atom. The Bertz CT molecular complexity index is 808. The fourth-order valence-electron chi connectivity index (χ4n) is 1.97. The van der Waals surface area contributed by atoms with E-state index < -0.39 is 10.9 Å². The molecule has 0 aliphatic heterocycles. The quantitative estimate of drug-likeness (QED) is 0.509. The average Bonchev–Trinajstić information content (AvgIpc) is 2.55. The number of carbonyl (C=O) groups is 1. The van der Waals surface area contributed by atoms with E-state index in [9.17, 15) is 14.9 Å². The number of nitro benzene ring substituents is 1. The first-order valence-corrected chi connectivity index (χ1v) is 7.17. The van der Waals surface area contributed by atoms with E-state index >= 15 is 0 Å². The Morgan fingerprint density at radius 1 is 1.25 bits per heavy atom. The summed E-state index contributed by atoms with van der Waals surface area (Å²) in [5, 5.41) is 22.9. The number of nitrogens with zero attached hydrogens (tertiary/aromatic N) is 2. The number of rotatable bonds is 5. The zero-order valence-electron chi connectivity index (χ0n) is 13.1. The van der Waals surface area contributed by atoms with Gasteiger partial charge < -0.3 is 10.1 Å². The Labute approximate surface area is 138 Å². The van der Waals surface area contributed by atoms with Crippen molar-refractivity contribution in [2.24, 2.45) is 0 Å². The molecule has 2 aromatic rings. The Morgan fingerprint density at radius 2 is 1.92 bits per heavy atom. The largest absolute Gasteiger partial charge is 0.459 e. The van der Waals surface area contributed by atoms with Crippen molar-refractivity contribution in [3.05, 3.63) is 63.7 Å². The summed E-state index contributed by atoms with van der Waals surface area (Å²) in [6, 6.07) is 12.4. The first-order valence-electron chi connectivity index (χ1n) is 7.17. The number of non-ortho nitro benzene ring substituents is 1. The van der Waals surface area contributed by atoms with Gasteiger partial charge in [0.15, 0.2) is 0 Å². The number of benzene rings is 2. The number of nitrogens with one attached hydrogen (secondary N) is 1. The highest BCUT2D eigenvalue weighted by Gasteiger charge is 2.12. The summed E-state index contributed by atoms with van der Waals surface area (Å²) in [4.78, 5) is 22.0. The number of hydrogen-bond acceptors (Lipinski definition) is 6. The maximum Gasteiger partial charge on any atom is 0.338 e. The summed E-state index contributed by atoms with van der Waals surface area (Å²) in [6.07, 6.45) is -0.200. The van der Waals surface area contributed by atoms with E-state index in [1.807, 2.05) is 6.07 Å². The molecular formula is C17H15N3O4. The van der Waals surface area contributed by atoms with Crippen LogP contribution in [0.25, 0.3) is 0 Å². The van der Waals surface area contributed by atoms with Crippen LogP contribution >= 0.6 is 0 Å². The first-order chi connectivity index (χ1) is 11.4. The van der Waals surface area contributed by atoms with Gasteiger partial charge in [0, 0.05) is 17.8 Å². The van der Waals surface area contributed by atoms with E-state index in [4.69, 9.17) is 10.00 Å². The zero-order chi connectivity index (χ0) is 17.7. The predicted octanol–water partition coefficient (Wildman–Crippen LogP) is 3.78. The van der Waals surface area contributed by atoms with Crippen molar-refractivity contribution in [2.75, 3.05) is 5.32 Å². The fraction of sp³-hybridized carbons (Fsp3) is 0.176. The Balaban J connectivity index is 2.19. The normalized spacial score (nSPS) is 10.1. The lowest BCUT2D eigenvalue weighted by molar-refractivity contribution is -0.384. The maximum absolute atomic E-state index is 11.8. The lowest BCUT2D eigenvalue weighted by Crippen LogP contribution is -2.11. The second-order valence-electron chi connectivity index (χ2n) is 5.26. The predicted molar refractivity (Wildman–Crippen MR) is 88.1 cm³/mol. The molecular weight excluding hydrogens is 310 g/mol. The van der Waals surface area contributed by atoms with Crippen LogP contribution in [0.5, 0.6) is 0 Å². The van der Waals surface area contributed by atoms with Crippen molar-refractivity contribution in [3.63, 3.8) is 0 Å². The van der Waals surface area contributed by atoms with Gasteiger partial charge in [-0.25, -0.2) is 4.79 Å². The molecule has 0 unspecified atom stereocenters. The van der Waals surface area contributed by atoms with Crippen molar-refractivity contribution in [1.82, 2.24) is 0 Å². The van der Waals surface area contributed by atoms with Crippen molar-refractivity contribution in [1.29, 1.82) is 5.26 Å². The summed E-state index contributed by atoms with van der Waals surface area (Å²) in [6.45, 7) is 3.54.